The lowest BCUT2D eigenvalue weighted by molar-refractivity contribution is 0.0211. The summed E-state index contributed by atoms with van der Waals surface area (Å²) < 4.78 is 13.5. The molecule has 0 bridgehead atoms. The van der Waals surface area contributed by atoms with E-state index in [1.165, 1.54) is 6.33 Å². The Labute approximate surface area is 211 Å². The van der Waals surface area contributed by atoms with Gasteiger partial charge in [-0.05, 0) is 63.7 Å². The van der Waals surface area contributed by atoms with Gasteiger partial charge in [-0.1, -0.05) is 13.8 Å². The maximum Gasteiger partial charge on any atom is 0.213 e. The second-order valence-corrected chi connectivity index (χ2v) is 10.8. The molecule has 9 heteroatoms. The first-order valence-corrected chi connectivity index (χ1v) is 12.7. The lowest BCUT2D eigenvalue weighted by Gasteiger charge is -2.35. The maximum absolute atomic E-state index is 10.1. The Hall–Kier alpha value is -3.17. The van der Waals surface area contributed by atoms with Crippen LogP contribution in [0, 0.1) is 5.92 Å². The molecule has 2 N–H and O–H groups in total. The van der Waals surface area contributed by atoms with Crippen LogP contribution in [0.1, 0.15) is 52.0 Å². The molecule has 1 fully saturated rings. The number of piperidine rings is 1. The summed E-state index contributed by atoms with van der Waals surface area (Å²) >= 11 is 0. The second-order valence-electron chi connectivity index (χ2n) is 10.8. The zero-order valence-corrected chi connectivity index (χ0v) is 21.8. The van der Waals surface area contributed by atoms with Crippen LogP contribution in [0.25, 0.3) is 27.9 Å². The monoisotopic (exact) mass is 492 g/mol. The summed E-state index contributed by atoms with van der Waals surface area (Å²) in [6.45, 7) is 11.4. The molecule has 192 valence electrons. The van der Waals surface area contributed by atoms with E-state index >= 15 is 0 Å². The standard InChI is InChI=1S/C27H36N6O3/c1-17(2)23-24(19-12-21(35-5)26-28-16-29-33(26)13-19)30-20-6-7-22(31-25(20)23)36-14-18-8-10-32(11-9-18)15-27(3,4)34/h6-7,12-13,16-18,30,34H,8-11,14-15H2,1-5H3. The number of hydrogen-bond acceptors (Lipinski definition) is 7. The molecule has 4 aromatic heterocycles. The number of methoxy groups -OCH3 is 1. The minimum atomic E-state index is -0.654. The van der Waals surface area contributed by atoms with Crippen LogP contribution in [-0.2, 0) is 0 Å². The van der Waals surface area contributed by atoms with Crippen molar-refractivity contribution in [3.8, 4) is 22.9 Å². The van der Waals surface area contributed by atoms with Crippen LogP contribution in [-0.4, -0.2) is 73.5 Å². The molecule has 0 amide bonds. The summed E-state index contributed by atoms with van der Waals surface area (Å²) in [5.41, 5.74) is 5.03. The lowest BCUT2D eigenvalue weighted by atomic mass is 9.96. The molecule has 1 aliphatic heterocycles. The van der Waals surface area contributed by atoms with E-state index in [4.69, 9.17) is 14.5 Å². The molecule has 0 saturated carbocycles. The Bertz CT molecular complexity index is 1350. The van der Waals surface area contributed by atoms with E-state index < -0.39 is 5.60 Å². The van der Waals surface area contributed by atoms with Crippen LogP contribution in [0.5, 0.6) is 11.6 Å². The predicted octanol–water partition coefficient (Wildman–Crippen LogP) is 4.27. The fraction of sp³-hybridized carbons (Fsp3) is 0.519. The summed E-state index contributed by atoms with van der Waals surface area (Å²) in [4.78, 5) is 15.1. The van der Waals surface area contributed by atoms with Gasteiger partial charge < -0.3 is 24.5 Å². The third kappa shape index (κ3) is 5.03. The molecule has 0 aromatic carbocycles. The average Bonchev–Trinajstić information content (AvgIpc) is 3.46. The van der Waals surface area contributed by atoms with E-state index in [9.17, 15) is 5.11 Å². The molecule has 0 atom stereocenters. The number of likely N-dealkylation sites (tertiary alicyclic amines) is 1. The van der Waals surface area contributed by atoms with Crippen molar-refractivity contribution in [3.63, 3.8) is 0 Å². The fourth-order valence-corrected chi connectivity index (χ4v) is 5.18. The minimum Gasteiger partial charge on any atom is -0.493 e. The number of pyridine rings is 2. The molecule has 1 saturated heterocycles. The van der Waals surface area contributed by atoms with Crippen LogP contribution in [0.2, 0.25) is 0 Å². The quantitative estimate of drug-likeness (QED) is 0.379. The summed E-state index contributed by atoms with van der Waals surface area (Å²) in [6.07, 6.45) is 5.62. The molecule has 5 heterocycles. The van der Waals surface area contributed by atoms with Gasteiger partial charge in [0.15, 0.2) is 11.4 Å². The molecule has 0 aliphatic carbocycles. The van der Waals surface area contributed by atoms with Crippen LogP contribution in [0.3, 0.4) is 0 Å². The highest BCUT2D eigenvalue weighted by Gasteiger charge is 2.25. The van der Waals surface area contributed by atoms with Gasteiger partial charge in [0.1, 0.15) is 6.33 Å². The third-order valence-electron chi connectivity index (χ3n) is 6.87. The molecule has 4 aromatic rings. The van der Waals surface area contributed by atoms with Crippen LogP contribution >= 0.6 is 0 Å². The molecular weight excluding hydrogens is 456 g/mol. The van der Waals surface area contributed by atoms with Gasteiger partial charge in [0, 0.05) is 29.9 Å². The van der Waals surface area contributed by atoms with Gasteiger partial charge in [0.05, 0.1) is 36.0 Å². The Balaban J connectivity index is 1.36. The van der Waals surface area contributed by atoms with Crippen molar-refractivity contribution < 1.29 is 14.6 Å². The second kappa shape index (κ2) is 9.71. The molecule has 0 spiro atoms. The van der Waals surface area contributed by atoms with Gasteiger partial charge in [-0.25, -0.2) is 14.5 Å². The molecule has 1 aliphatic rings. The number of hydrogen-bond donors (Lipinski definition) is 2. The van der Waals surface area contributed by atoms with Crippen molar-refractivity contribution in [2.45, 2.75) is 52.1 Å². The number of aromatic amines is 1. The first-order valence-electron chi connectivity index (χ1n) is 12.7. The molecular formula is C27H36N6O3. The largest absolute Gasteiger partial charge is 0.493 e. The van der Waals surface area contributed by atoms with Crippen molar-refractivity contribution in [1.29, 1.82) is 0 Å². The highest BCUT2D eigenvalue weighted by molar-refractivity contribution is 5.89. The van der Waals surface area contributed by atoms with Crippen molar-refractivity contribution in [2.24, 2.45) is 5.92 Å². The van der Waals surface area contributed by atoms with Crippen LogP contribution in [0.15, 0.2) is 30.7 Å². The van der Waals surface area contributed by atoms with E-state index in [-0.39, 0.29) is 5.92 Å². The predicted molar refractivity (Wildman–Crippen MR) is 140 cm³/mol. The number of β-amino-alcohol motifs (C(OH)–C–C–N with tert-alkyl or cyclic N) is 1. The van der Waals surface area contributed by atoms with Crippen molar-refractivity contribution >= 4 is 16.7 Å². The molecule has 0 unspecified atom stereocenters. The lowest BCUT2D eigenvalue weighted by Crippen LogP contribution is -2.43. The molecule has 9 nitrogen and oxygen atoms in total. The van der Waals surface area contributed by atoms with Gasteiger partial charge in [0.25, 0.3) is 0 Å². The Morgan fingerprint density at radius 1 is 1.22 bits per heavy atom. The van der Waals surface area contributed by atoms with E-state index in [0.29, 0.717) is 36.3 Å². The zero-order chi connectivity index (χ0) is 25.4. The number of aliphatic hydroxyl groups is 1. The maximum atomic E-state index is 10.1. The normalized spacial score (nSPS) is 15.9. The number of nitrogens with one attached hydrogen (secondary N) is 1. The van der Waals surface area contributed by atoms with E-state index in [1.54, 1.807) is 11.6 Å². The van der Waals surface area contributed by atoms with E-state index in [2.05, 4.69) is 33.8 Å². The number of rotatable bonds is 8. The molecule has 5 rings (SSSR count). The van der Waals surface area contributed by atoms with Crippen LogP contribution in [0.4, 0.5) is 0 Å². The number of H-pyrrole nitrogens is 1. The minimum absolute atomic E-state index is 0.244. The van der Waals surface area contributed by atoms with E-state index in [0.717, 1.165) is 53.8 Å². The summed E-state index contributed by atoms with van der Waals surface area (Å²) in [7, 11) is 1.64. The Kier molecular flexibility index (Phi) is 6.61. The number of ether oxygens (including phenoxy) is 2. The summed E-state index contributed by atoms with van der Waals surface area (Å²) in [5, 5.41) is 14.4. The smallest absolute Gasteiger partial charge is 0.213 e. The Morgan fingerprint density at radius 3 is 2.69 bits per heavy atom. The third-order valence-corrected chi connectivity index (χ3v) is 6.87. The van der Waals surface area contributed by atoms with Gasteiger partial charge in [-0.2, -0.15) is 5.10 Å². The fourth-order valence-electron chi connectivity index (χ4n) is 5.18. The van der Waals surface area contributed by atoms with Crippen molar-refractivity contribution in [1.82, 2.24) is 29.5 Å². The first-order chi connectivity index (χ1) is 17.2. The summed E-state index contributed by atoms with van der Waals surface area (Å²) in [5.74, 6) is 2.06. The van der Waals surface area contributed by atoms with Crippen molar-refractivity contribution in [3.05, 3.63) is 36.3 Å². The number of fused-ring (bicyclic) bond motifs is 2. The topological polar surface area (TPSA) is 101 Å². The summed E-state index contributed by atoms with van der Waals surface area (Å²) in [6, 6.07) is 5.98. The zero-order valence-electron chi connectivity index (χ0n) is 21.8. The average molecular weight is 493 g/mol. The molecule has 0 radical (unpaired) electrons. The van der Waals surface area contributed by atoms with Gasteiger partial charge in [-0.3, -0.25) is 0 Å². The molecule has 36 heavy (non-hydrogen) atoms. The Morgan fingerprint density at radius 2 is 2.00 bits per heavy atom. The van der Waals surface area contributed by atoms with E-state index in [1.807, 2.05) is 38.2 Å². The van der Waals surface area contributed by atoms with Gasteiger partial charge >= 0.3 is 0 Å². The van der Waals surface area contributed by atoms with Gasteiger partial charge in [0.2, 0.25) is 5.88 Å². The highest BCUT2D eigenvalue weighted by Crippen LogP contribution is 2.37. The number of aromatic nitrogens is 5. The number of nitrogens with zero attached hydrogens (tertiary/aromatic N) is 5. The highest BCUT2D eigenvalue weighted by atomic mass is 16.5. The van der Waals surface area contributed by atoms with Gasteiger partial charge in [-0.15, -0.1) is 0 Å². The van der Waals surface area contributed by atoms with Crippen LogP contribution < -0.4 is 9.47 Å². The van der Waals surface area contributed by atoms with Crippen molar-refractivity contribution in [2.75, 3.05) is 33.4 Å². The first kappa shape index (κ1) is 24.5. The SMILES string of the molecule is COc1cc(-c2[nH]c3ccc(OCC4CCN(CC(C)(C)O)CC4)nc3c2C(C)C)cn2ncnc12.